The number of fused-ring (bicyclic) bond motifs is 1. The predicted octanol–water partition coefficient (Wildman–Crippen LogP) is 3.64. The van der Waals surface area contributed by atoms with Gasteiger partial charge < -0.3 is 4.74 Å². The maximum Gasteiger partial charge on any atom is 0.211 e. The van der Waals surface area contributed by atoms with E-state index in [0.717, 1.165) is 79.5 Å². The first-order chi connectivity index (χ1) is 17.9. The number of nitrogens with zero attached hydrogens (tertiary/aromatic N) is 4. The van der Waals surface area contributed by atoms with Crippen molar-refractivity contribution in [1.29, 1.82) is 0 Å². The summed E-state index contributed by atoms with van der Waals surface area (Å²) < 4.78 is 33.8. The molecular formula is C28H31ClN4O3S. The summed E-state index contributed by atoms with van der Waals surface area (Å²) in [5, 5.41) is 5.58. The molecule has 0 amide bonds. The highest BCUT2D eigenvalue weighted by molar-refractivity contribution is 7.88. The second-order valence-electron chi connectivity index (χ2n) is 9.46. The van der Waals surface area contributed by atoms with Gasteiger partial charge in [-0.2, -0.15) is 9.40 Å². The Balaban J connectivity index is 1.46. The van der Waals surface area contributed by atoms with Crippen molar-refractivity contribution in [2.24, 2.45) is 0 Å². The van der Waals surface area contributed by atoms with E-state index in [1.54, 1.807) is 0 Å². The summed E-state index contributed by atoms with van der Waals surface area (Å²) in [5.41, 5.74) is 5.40. The number of rotatable bonds is 6. The smallest absolute Gasteiger partial charge is 0.211 e. The molecule has 2 aromatic carbocycles. The van der Waals surface area contributed by atoms with E-state index in [1.807, 2.05) is 48.5 Å². The summed E-state index contributed by atoms with van der Waals surface area (Å²) in [6.45, 7) is 6.06. The molecule has 0 bridgehead atoms. The lowest BCUT2D eigenvalue weighted by molar-refractivity contribution is 0.0368. The summed E-state index contributed by atoms with van der Waals surface area (Å²) in [4.78, 5) is 2.42. The van der Waals surface area contributed by atoms with E-state index in [4.69, 9.17) is 21.4 Å². The maximum atomic E-state index is 12.4. The van der Waals surface area contributed by atoms with Crippen LogP contribution >= 0.6 is 11.6 Å². The van der Waals surface area contributed by atoms with E-state index in [9.17, 15) is 8.42 Å². The first-order valence-corrected chi connectivity index (χ1v) is 14.8. The third-order valence-electron chi connectivity index (χ3n) is 6.87. The molecule has 0 saturated carbocycles. The van der Waals surface area contributed by atoms with Crippen molar-refractivity contribution in [2.45, 2.75) is 25.9 Å². The molecule has 1 saturated heterocycles. The summed E-state index contributed by atoms with van der Waals surface area (Å²) in [6, 6.07) is 15.5. The monoisotopic (exact) mass is 538 g/mol. The van der Waals surface area contributed by atoms with E-state index in [0.29, 0.717) is 24.5 Å². The first-order valence-electron chi connectivity index (χ1n) is 12.6. The second-order valence-corrected chi connectivity index (χ2v) is 11.9. The summed E-state index contributed by atoms with van der Waals surface area (Å²) in [6.07, 6.45) is 2.88. The Morgan fingerprint density at radius 3 is 2.57 bits per heavy atom. The zero-order valence-corrected chi connectivity index (χ0v) is 22.6. The molecule has 7 nitrogen and oxygen atoms in total. The molecular weight excluding hydrogens is 508 g/mol. The molecule has 194 valence electrons. The lowest BCUT2D eigenvalue weighted by Crippen LogP contribution is -2.37. The van der Waals surface area contributed by atoms with E-state index < -0.39 is 10.0 Å². The molecule has 3 aromatic rings. The van der Waals surface area contributed by atoms with Gasteiger partial charge in [0.15, 0.2) is 0 Å². The Kier molecular flexibility index (Phi) is 7.98. The normalized spacial score (nSPS) is 16.7. The molecule has 37 heavy (non-hydrogen) atoms. The number of aromatic nitrogens is 2. The molecule has 0 N–H and O–H groups in total. The lowest BCUT2D eigenvalue weighted by Gasteiger charge is -2.27. The number of sulfonamides is 1. The standard InChI is InChI=1S/C28H31ClN4O3S/c1-37(34,35)32-15-12-27-25(21-32)28(30-33(27)14-5-13-31-16-18-36-19-17-31)24-10-11-26(29)23(20-24)9-8-22-6-3-2-4-7-22/h2-4,6-7,10-11,20H,5,12-19,21H2,1H3. The highest BCUT2D eigenvalue weighted by Gasteiger charge is 2.29. The van der Waals surface area contributed by atoms with Crippen LogP contribution < -0.4 is 0 Å². The molecule has 3 heterocycles. The Labute approximate surface area is 224 Å². The van der Waals surface area contributed by atoms with Gasteiger partial charge in [-0.15, -0.1) is 0 Å². The molecule has 0 atom stereocenters. The minimum Gasteiger partial charge on any atom is -0.379 e. The van der Waals surface area contributed by atoms with Crippen molar-refractivity contribution >= 4 is 21.6 Å². The number of ether oxygens (including phenoxy) is 1. The molecule has 2 aliphatic heterocycles. The van der Waals surface area contributed by atoms with Crippen molar-refractivity contribution in [3.8, 4) is 23.1 Å². The lowest BCUT2D eigenvalue weighted by atomic mass is 10.0. The summed E-state index contributed by atoms with van der Waals surface area (Å²) in [5.74, 6) is 6.36. The van der Waals surface area contributed by atoms with Crippen LogP contribution in [0.4, 0.5) is 0 Å². The Hall–Kier alpha value is -2.67. The van der Waals surface area contributed by atoms with Crippen LogP contribution in [0.25, 0.3) is 11.3 Å². The minimum absolute atomic E-state index is 0.320. The highest BCUT2D eigenvalue weighted by Crippen LogP contribution is 2.33. The number of aryl methyl sites for hydroxylation is 1. The van der Waals surface area contributed by atoms with Gasteiger partial charge in [-0.25, -0.2) is 8.42 Å². The van der Waals surface area contributed by atoms with Crippen LogP contribution in [-0.2, 0) is 34.3 Å². The molecule has 5 rings (SSSR count). The number of hydrogen-bond donors (Lipinski definition) is 0. The Morgan fingerprint density at radius 2 is 1.81 bits per heavy atom. The topological polar surface area (TPSA) is 67.7 Å². The van der Waals surface area contributed by atoms with Crippen LogP contribution in [0.1, 0.15) is 28.8 Å². The van der Waals surface area contributed by atoms with Crippen molar-refractivity contribution in [2.75, 3.05) is 45.6 Å². The highest BCUT2D eigenvalue weighted by atomic mass is 35.5. The van der Waals surface area contributed by atoms with Crippen LogP contribution in [0.15, 0.2) is 48.5 Å². The molecule has 2 aliphatic rings. The van der Waals surface area contributed by atoms with Gasteiger partial charge in [-0.3, -0.25) is 9.58 Å². The SMILES string of the molecule is CS(=O)(=O)N1CCc2c(c(-c3ccc(Cl)c(C#Cc4ccccc4)c3)nn2CCCN2CCOCC2)C1. The predicted molar refractivity (Wildman–Crippen MR) is 146 cm³/mol. The van der Waals surface area contributed by atoms with Crippen molar-refractivity contribution in [1.82, 2.24) is 19.0 Å². The maximum absolute atomic E-state index is 12.4. The second kappa shape index (κ2) is 11.4. The van der Waals surface area contributed by atoms with Crippen LogP contribution in [-0.4, -0.2) is 73.1 Å². The third kappa shape index (κ3) is 6.25. The summed E-state index contributed by atoms with van der Waals surface area (Å²) in [7, 11) is -3.31. The van der Waals surface area contributed by atoms with Crippen LogP contribution in [0.2, 0.25) is 5.02 Å². The van der Waals surface area contributed by atoms with Crippen molar-refractivity contribution in [3.05, 3.63) is 75.9 Å². The molecule has 0 spiro atoms. The van der Waals surface area contributed by atoms with Gasteiger partial charge in [-0.1, -0.05) is 47.7 Å². The molecule has 9 heteroatoms. The minimum atomic E-state index is -3.31. The first kappa shape index (κ1) is 26.0. The van der Waals surface area contributed by atoms with E-state index in [1.165, 1.54) is 10.6 Å². The van der Waals surface area contributed by atoms with Crippen molar-refractivity contribution < 1.29 is 13.2 Å². The fraction of sp³-hybridized carbons (Fsp3) is 0.393. The van der Waals surface area contributed by atoms with Crippen LogP contribution in [0.5, 0.6) is 0 Å². The number of halogens is 1. The Bertz CT molecular complexity index is 1420. The van der Waals surface area contributed by atoms with Gasteiger partial charge in [0.2, 0.25) is 10.0 Å². The largest absolute Gasteiger partial charge is 0.379 e. The molecule has 1 aromatic heterocycles. The van der Waals surface area contributed by atoms with Crippen LogP contribution in [0, 0.1) is 11.8 Å². The zero-order valence-electron chi connectivity index (χ0n) is 21.0. The molecule has 0 unspecified atom stereocenters. The van der Waals surface area contributed by atoms with E-state index >= 15 is 0 Å². The Morgan fingerprint density at radius 1 is 1.03 bits per heavy atom. The van der Waals surface area contributed by atoms with Gasteiger partial charge >= 0.3 is 0 Å². The fourth-order valence-corrected chi connectivity index (χ4v) is 5.82. The average Bonchev–Trinajstić information content (AvgIpc) is 3.27. The third-order valence-corrected chi connectivity index (χ3v) is 8.45. The molecule has 0 aliphatic carbocycles. The molecule has 0 radical (unpaired) electrons. The molecule has 1 fully saturated rings. The quantitative estimate of drug-likeness (QED) is 0.448. The van der Waals surface area contributed by atoms with E-state index in [2.05, 4.69) is 21.4 Å². The van der Waals surface area contributed by atoms with Crippen LogP contribution in [0.3, 0.4) is 0 Å². The van der Waals surface area contributed by atoms with Crippen molar-refractivity contribution in [3.63, 3.8) is 0 Å². The number of morpholine rings is 1. The van der Waals surface area contributed by atoms with E-state index in [-0.39, 0.29) is 0 Å². The van der Waals surface area contributed by atoms with Gasteiger partial charge in [-0.05, 0) is 30.7 Å². The average molecular weight is 539 g/mol. The number of hydrogen-bond acceptors (Lipinski definition) is 5. The van der Waals surface area contributed by atoms with Gasteiger partial charge in [0.25, 0.3) is 0 Å². The van der Waals surface area contributed by atoms with Gasteiger partial charge in [0, 0.05) is 73.6 Å². The van der Waals surface area contributed by atoms with Gasteiger partial charge in [0.05, 0.1) is 30.2 Å². The zero-order chi connectivity index (χ0) is 25.8. The fourth-order valence-electron chi connectivity index (χ4n) is 4.86. The number of benzene rings is 2. The summed E-state index contributed by atoms with van der Waals surface area (Å²) >= 11 is 6.49. The van der Waals surface area contributed by atoms with Gasteiger partial charge in [0.1, 0.15) is 0 Å².